The van der Waals surface area contributed by atoms with E-state index in [1.165, 1.54) is 24.3 Å². The van der Waals surface area contributed by atoms with Crippen LogP contribution in [0.3, 0.4) is 0 Å². The number of sulfone groups is 1. The standard InChI is InChI=1S/C11H16O4SSi/c1-16(13,14)10-7-5-9(6-8-10)11(12)15-17(2,3)4/h5-8H,1-4H3. The van der Waals surface area contributed by atoms with Gasteiger partial charge >= 0.3 is 5.97 Å². The third-order valence-electron chi connectivity index (χ3n) is 1.92. The Balaban J connectivity index is 2.93. The third-order valence-corrected chi connectivity index (χ3v) is 3.84. The average molecular weight is 272 g/mol. The van der Waals surface area contributed by atoms with Gasteiger partial charge in [-0.1, -0.05) is 0 Å². The quantitative estimate of drug-likeness (QED) is 0.790. The van der Waals surface area contributed by atoms with Gasteiger partial charge in [0.25, 0.3) is 0 Å². The molecule has 0 fully saturated rings. The maximum Gasteiger partial charge on any atom is 0.324 e. The summed E-state index contributed by atoms with van der Waals surface area (Å²) in [5.41, 5.74) is 0.375. The molecule has 0 saturated heterocycles. The lowest BCUT2D eigenvalue weighted by atomic mass is 10.2. The molecule has 0 unspecified atom stereocenters. The normalized spacial score (nSPS) is 12.2. The first-order valence-electron chi connectivity index (χ1n) is 5.13. The molecule has 0 aliphatic rings. The molecule has 6 heteroatoms. The van der Waals surface area contributed by atoms with Crippen LogP contribution in [0.1, 0.15) is 10.4 Å². The van der Waals surface area contributed by atoms with Gasteiger partial charge in [-0.05, 0) is 43.9 Å². The van der Waals surface area contributed by atoms with Gasteiger partial charge in [0.15, 0.2) is 9.84 Å². The molecule has 0 bridgehead atoms. The number of hydrogen-bond acceptors (Lipinski definition) is 4. The number of rotatable bonds is 3. The third kappa shape index (κ3) is 4.31. The lowest BCUT2D eigenvalue weighted by molar-refractivity contribution is 0.0724. The SMILES string of the molecule is C[Si](C)(C)OC(=O)c1ccc(S(C)(=O)=O)cc1. The molecule has 4 nitrogen and oxygen atoms in total. The summed E-state index contributed by atoms with van der Waals surface area (Å²) in [4.78, 5) is 11.9. The summed E-state index contributed by atoms with van der Waals surface area (Å²) >= 11 is 0. The van der Waals surface area contributed by atoms with E-state index in [2.05, 4.69) is 0 Å². The van der Waals surface area contributed by atoms with Crippen molar-refractivity contribution in [2.45, 2.75) is 24.5 Å². The minimum atomic E-state index is -3.22. The van der Waals surface area contributed by atoms with Gasteiger partial charge in [-0.2, -0.15) is 0 Å². The highest BCUT2D eigenvalue weighted by molar-refractivity contribution is 7.90. The lowest BCUT2D eigenvalue weighted by Crippen LogP contribution is -2.29. The predicted octanol–water partition coefficient (Wildman–Crippen LogP) is 2.08. The van der Waals surface area contributed by atoms with Crippen LogP contribution < -0.4 is 0 Å². The first-order chi connectivity index (χ1) is 7.59. The molecule has 17 heavy (non-hydrogen) atoms. The molecule has 0 heterocycles. The second kappa shape index (κ2) is 4.62. The fraction of sp³-hybridized carbons (Fsp3) is 0.364. The summed E-state index contributed by atoms with van der Waals surface area (Å²) in [7, 11) is -5.14. The van der Waals surface area contributed by atoms with E-state index in [4.69, 9.17) is 4.43 Å². The molecule has 0 N–H and O–H groups in total. The van der Waals surface area contributed by atoms with E-state index < -0.39 is 24.1 Å². The van der Waals surface area contributed by atoms with E-state index in [0.29, 0.717) is 5.56 Å². The van der Waals surface area contributed by atoms with Crippen LogP contribution in [0.4, 0.5) is 0 Å². The summed E-state index contributed by atoms with van der Waals surface area (Å²) in [5, 5.41) is 0. The first-order valence-corrected chi connectivity index (χ1v) is 10.4. The van der Waals surface area contributed by atoms with Crippen LogP contribution in [-0.2, 0) is 14.3 Å². The molecule has 0 saturated carbocycles. The van der Waals surface area contributed by atoms with Gasteiger partial charge in [0, 0.05) is 6.26 Å². The van der Waals surface area contributed by atoms with E-state index in [0.717, 1.165) is 6.26 Å². The summed E-state index contributed by atoms with van der Waals surface area (Å²) in [5.74, 6) is -0.399. The van der Waals surface area contributed by atoms with Crippen molar-refractivity contribution in [1.82, 2.24) is 0 Å². The van der Waals surface area contributed by atoms with Crippen molar-refractivity contribution in [2.75, 3.05) is 6.26 Å². The summed E-state index contributed by atoms with van der Waals surface area (Å²) in [6.07, 6.45) is 1.13. The molecule has 94 valence electrons. The molecular formula is C11H16O4SSi. The Kier molecular flexibility index (Phi) is 3.78. The maximum absolute atomic E-state index is 11.7. The van der Waals surface area contributed by atoms with Crippen molar-refractivity contribution in [3.63, 3.8) is 0 Å². The number of carbonyl (C=O) groups excluding carboxylic acids is 1. The Hall–Kier alpha value is -1.14. The molecule has 0 radical (unpaired) electrons. The van der Waals surface area contributed by atoms with Gasteiger partial charge < -0.3 is 4.43 Å². The van der Waals surface area contributed by atoms with Gasteiger partial charge in [-0.25, -0.2) is 13.2 Å². The fourth-order valence-electron chi connectivity index (χ4n) is 1.18. The van der Waals surface area contributed by atoms with Gasteiger partial charge in [-0.3, -0.25) is 0 Å². The smallest absolute Gasteiger partial charge is 0.324 e. The van der Waals surface area contributed by atoms with Crippen LogP contribution in [0.25, 0.3) is 0 Å². The molecule has 0 amide bonds. The zero-order valence-electron chi connectivity index (χ0n) is 10.4. The molecule has 0 aromatic heterocycles. The van der Waals surface area contributed by atoms with Gasteiger partial charge in [0.1, 0.15) is 0 Å². The van der Waals surface area contributed by atoms with Crippen molar-refractivity contribution < 1.29 is 17.6 Å². The minimum Gasteiger partial charge on any atom is -0.516 e. The van der Waals surface area contributed by atoms with Crippen LogP contribution in [-0.4, -0.2) is 29.0 Å². The van der Waals surface area contributed by atoms with Crippen LogP contribution in [0.2, 0.25) is 19.6 Å². The molecule has 1 aromatic carbocycles. The van der Waals surface area contributed by atoms with Crippen molar-refractivity contribution in [2.24, 2.45) is 0 Å². The highest BCUT2D eigenvalue weighted by Crippen LogP contribution is 2.13. The molecule has 0 aliphatic heterocycles. The monoisotopic (exact) mass is 272 g/mol. The second-order valence-electron chi connectivity index (χ2n) is 4.80. The Morgan fingerprint density at radius 1 is 1.12 bits per heavy atom. The lowest BCUT2D eigenvalue weighted by Gasteiger charge is -2.17. The van der Waals surface area contributed by atoms with Crippen molar-refractivity contribution >= 4 is 24.1 Å². The van der Waals surface area contributed by atoms with Crippen molar-refractivity contribution in [3.05, 3.63) is 29.8 Å². The Bertz CT molecular complexity index is 511. The minimum absolute atomic E-state index is 0.196. The second-order valence-corrected chi connectivity index (χ2v) is 11.2. The number of benzene rings is 1. The largest absolute Gasteiger partial charge is 0.516 e. The Morgan fingerprint density at radius 2 is 1.59 bits per heavy atom. The Morgan fingerprint density at radius 3 is 1.94 bits per heavy atom. The van der Waals surface area contributed by atoms with Gasteiger partial charge in [-0.15, -0.1) is 0 Å². The molecule has 0 atom stereocenters. The van der Waals surface area contributed by atoms with E-state index in [9.17, 15) is 13.2 Å². The summed E-state index contributed by atoms with van der Waals surface area (Å²) in [6.45, 7) is 5.74. The average Bonchev–Trinajstić information content (AvgIpc) is 2.14. The zero-order chi connectivity index (χ0) is 13.3. The first kappa shape index (κ1) is 13.9. The molecular weight excluding hydrogens is 256 g/mol. The molecule has 0 aliphatic carbocycles. The van der Waals surface area contributed by atoms with Gasteiger partial charge in [0.05, 0.1) is 10.5 Å². The van der Waals surface area contributed by atoms with Gasteiger partial charge in [0.2, 0.25) is 8.32 Å². The van der Waals surface area contributed by atoms with E-state index in [-0.39, 0.29) is 4.90 Å². The molecule has 1 aromatic rings. The van der Waals surface area contributed by atoms with Crippen molar-refractivity contribution in [1.29, 1.82) is 0 Å². The highest BCUT2D eigenvalue weighted by atomic mass is 32.2. The van der Waals surface area contributed by atoms with Crippen LogP contribution >= 0.6 is 0 Å². The van der Waals surface area contributed by atoms with E-state index >= 15 is 0 Å². The van der Waals surface area contributed by atoms with Crippen LogP contribution in [0, 0.1) is 0 Å². The Labute approximate surface area is 103 Å². The highest BCUT2D eigenvalue weighted by Gasteiger charge is 2.21. The maximum atomic E-state index is 11.7. The fourth-order valence-corrected chi connectivity index (χ4v) is 2.48. The molecule has 1 rings (SSSR count). The zero-order valence-corrected chi connectivity index (χ0v) is 12.2. The topological polar surface area (TPSA) is 60.4 Å². The number of hydrogen-bond donors (Lipinski definition) is 0. The number of carbonyl (C=O) groups is 1. The summed E-state index contributed by atoms with van der Waals surface area (Å²) in [6, 6.07) is 5.77. The van der Waals surface area contributed by atoms with E-state index in [1.54, 1.807) is 0 Å². The molecule has 0 spiro atoms. The van der Waals surface area contributed by atoms with E-state index in [1.807, 2.05) is 19.6 Å². The van der Waals surface area contributed by atoms with Crippen molar-refractivity contribution in [3.8, 4) is 0 Å². The predicted molar refractivity (Wildman–Crippen MR) is 68.3 cm³/mol. The van der Waals surface area contributed by atoms with Crippen LogP contribution in [0.15, 0.2) is 29.2 Å². The summed E-state index contributed by atoms with van der Waals surface area (Å²) < 4.78 is 27.8. The van der Waals surface area contributed by atoms with Crippen LogP contribution in [0.5, 0.6) is 0 Å².